The molecule has 1 aromatic rings. The van der Waals surface area contributed by atoms with Crippen LogP contribution >= 0.6 is 0 Å². The molecular formula is C12H16N2O. The average molecular weight is 204 g/mol. The number of nitrogens with zero attached hydrogens (tertiary/aromatic N) is 2. The molecule has 0 aromatic carbocycles. The van der Waals surface area contributed by atoms with Crippen LogP contribution in [0.1, 0.15) is 36.2 Å². The molecule has 2 unspecified atom stereocenters. The minimum atomic E-state index is 0.285. The van der Waals surface area contributed by atoms with E-state index in [0.717, 1.165) is 0 Å². The lowest BCUT2D eigenvalue weighted by Crippen LogP contribution is -2.06. The van der Waals surface area contributed by atoms with Gasteiger partial charge in [-0.05, 0) is 30.7 Å². The van der Waals surface area contributed by atoms with Crippen LogP contribution in [0.3, 0.4) is 0 Å². The fourth-order valence-corrected chi connectivity index (χ4v) is 3.10. The van der Waals surface area contributed by atoms with Crippen molar-refractivity contribution in [3.05, 3.63) is 18.0 Å². The monoisotopic (exact) mass is 204 g/mol. The van der Waals surface area contributed by atoms with E-state index in [4.69, 9.17) is 0 Å². The summed E-state index contributed by atoms with van der Waals surface area (Å²) in [5, 5.41) is 4.20. The van der Waals surface area contributed by atoms with E-state index in [1.54, 1.807) is 4.68 Å². The Morgan fingerprint density at radius 1 is 1.40 bits per heavy atom. The third-order valence-corrected chi connectivity index (χ3v) is 3.93. The smallest absolute Gasteiger partial charge is 0.186 e. The summed E-state index contributed by atoms with van der Waals surface area (Å²) in [6.07, 6.45) is 6.99. The largest absolute Gasteiger partial charge is 0.292 e. The highest BCUT2D eigenvalue weighted by Gasteiger charge is 2.54. The third-order valence-electron chi connectivity index (χ3n) is 3.93. The molecule has 0 aliphatic heterocycles. The van der Waals surface area contributed by atoms with E-state index in [-0.39, 0.29) is 5.78 Å². The van der Waals surface area contributed by atoms with E-state index in [2.05, 4.69) is 5.10 Å². The molecule has 2 fully saturated rings. The fraction of sp³-hybridized carbons (Fsp3) is 0.667. The van der Waals surface area contributed by atoms with Gasteiger partial charge in [0.25, 0.3) is 0 Å². The Kier molecular flexibility index (Phi) is 1.94. The maximum atomic E-state index is 12.1. The number of hydrogen-bond donors (Lipinski definition) is 0. The van der Waals surface area contributed by atoms with Gasteiger partial charge in [0.05, 0.1) is 0 Å². The molecule has 2 saturated carbocycles. The average Bonchev–Trinajstić information content (AvgIpc) is 2.82. The standard InChI is InChI=1S/C12H16N2O/c1-14-7-6-10(13-14)12(15)11-8-4-2-3-5-9(8)11/h6-9,11H,2-5H2,1H3. The van der Waals surface area contributed by atoms with Gasteiger partial charge in [0.1, 0.15) is 5.69 Å². The van der Waals surface area contributed by atoms with E-state index in [0.29, 0.717) is 23.4 Å². The predicted octanol–water partition coefficient (Wildman–Crippen LogP) is 2.04. The summed E-state index contributed by atoms with van der Waals surface area (Å²) in [5.41, 5.74) is 0.664. The zero-order valence-corrected chi connectivity index (χ0v) is 9.02. The van der Waals surface area contributed by atoms with E-state index in [1.165, 1.54) is 25.7 Å². The van der Waals surface area contributed by atoms with Crippen molar-refractivity contribution in [2.45, 2.75) is 25.7 Å². The van der Waals surface area contributed by atoms with Gasteiger partial charge < -0.3 is 0 Å². The summed E-state index contributed by atoms with van der Waals surface area (Å²) in [6.45, 7) is 0. The van der Waals surface area contributed by atoms with Gasteiger partial charge in [0, 0.05) is 19.2 Å². The third kappa shape index (κ3) is 1.41. The second-order valence-corrected chi connectivity index (χ2v) is 4.88. The zero-order valence-electron chi connectivity index (χ0n) is 9.02. The summed E-state index contributed by atoms with van der Waals surface area (Å²) in [7, 11) is 1.86. The molecule has 0 radical (unpaired) electrons. The molecule has 1 aromatic heterocycles. The van der Waals surface area contributed by atoms with E-state index >= 15 is 0 Å². The molecule has 2 atom stereocenters. The van der Waals surface area contributed by atoms with Crippen LogP contribution < -0.4 is 0 Å². The van der Waals surface area contributed by atoms with Crippen LogP contribution in [0, 0.1) is 17.8 Å². The Hall–Kier alpha value is -1.12. The van der Waals surface area contributed by atoms with Crippen molar-refractivity contribution >= 4 is 5.78 Å². The summed E-state index contributed by atoms with van der Waals surface area (Å²) in [5.74, 6) is 1.97. The van der Waals surface area contributed by atoms with E-state index < -0.39 is 0 Å². The molecule has 2 aliphatic rings. The summed E-state index contributed by atoms with van der Waals surface area (Å²) in [4.78, 5) is 12.1. The second-order valence-electron chi connectivity index (χ2n) is 4.88. The topological polar surface area (TPSA) is 34.9 Å². The molecule has 0 saturated heterocycles. The van der Waals surface area contributed by atoms with Crippen molar-refractivity contribution in [2.24, 2.45) is 24.8 Å². The number of Topliss-reactive ketones (excluding diaryl/α,β-unsaturated/α-hetero) is 1. The van der Waals surface area contributed by atoms with E-state index in [9.17, 15) is 4.79 Å². The van der Waals surface area contributed by atoms with Gasteiger partial charge in [-0.1, -0.05) is 12.8 Å². The van der Waals surface area contributed by atoms with E-state index in [1.807, 2.05) is 19.3 Å². The normalized spacial score (nSPS) is 33.5. The molecule has 2 aliphatic carbocycles. The first-order valence-corrected chi connectivity index (χ1v) is 5.81. The summed E-state index contributed by atoms with van der Waals surface area (Å²) < 4.78 is 1.71. The first-order chi connectivity index (χ1) is 7.27. The number of fused-ring (bicyclic) bond motifs is 1. The molecular weight excluding hydrogens is 188 g/mol. The molecule has 80 valence electrons. The lowest BCUT2D eigenvalue weighted by Gasteiger charge is -2.04. The number of rotatable bonds is 2. The highest BCUT2D eigenvalue weighted by atomic mass is 16.1. The lowest BCUT2D eigenvalue weighted by molar-refractivity contribution is 0.0950. The van der Waals surface area contributed by atoms with Crippen LogP contribution in [0.2, 0.25) is 0 Å². The van der Waals surface area contributed by atoms with Crippen molar-refractivity contribution in [2.75, 3.05) is 0 Å². The SMILES string of the molecule is Cn1ccc(C(=O)C2C3CCCCC32)n1. The Bertz CT molecular complexity index is 384. The quantitative estimate of drug-likeness (QED) is 0.691. The predicted molar refractivity (Wildman–Crippen MR) is 56.5 cm³/mol. The van der Waals surface area contributed by atoms with Crippen molar-refractivity contribution in [3.8, 4) is 0 Å². The molecule has 0 amide bonds. The van der Waals surface area contributed by atoms with Gasteiger partial charge in [-0.2, -0.15) is 5.10 Å². The second kappa shape index (κ2) is 3.19. The number of aryl methyl sites for hydroxylation is 1. The zero-order chi connectivity index (χ0) is 10.4. The molecule has 3 nitrogen and oxygen atoms in total. The number of carbonyl (C=O) groups excluding carboxylic acids is 1. The number of carbonyl (C=O) groups is 1. The number of hydrogen-bond acceptors (Lipinski definition) is 2. The van der Waals surface area contributed by atoms with Crippen LogP contribution in [0.15, 0.2) is 12.3 Å². The maximum absolute atomic E-state index is 12.1. The Morgan fingerprint density at radius 2 is 2.07 bits per heavy atom. The molecule has 15 heavy (non-hydrogen) atoms. The number of aromatic nitrogens is 2. The highest BCUT2D eigenvalue weighted by Crippen LogP contribution is 2.56. The van der Waals surface area contributed by atoms with Gasteiger partial charge in [-0.25, -0.2) is 0 Å². The van der Waals surface area contributed by atoms with Crippen molar-refractivity contribution in [1.82, 2.24) is 9.78 Å². The molecule has 3 rings (SSSR count). The van der Waals surface area contributed by atoms with Crippen molar-refractivity contribution in [3.63, 3.8) is 0 Å². The van der Waals surface area contributed by atoms with Crippen molar-refractivity contribution in [1.29, 1.82) is 0 Å². The first-order valence-electron chi connectivity index (χ1n) is 5.81. The Labute approximate surface area is 89.5 Å². The van der Waals surface area contributed by atoms with Crippen LogP contribution in [-0.2, 0) is 7.05 Å². The van der Waals surface area contributed by atoms with Gasteiger partial charge >= 0.3 is 0 Å². The van der Waals surface area contributed by atoms with Gasteiger partial charge in [0.15, 0.2) is 5.78 Å². The summed E-state index contributed by atoms with van der Waals surface area (Å²) >= 11 is 0. The van der Waals surface area contributed by atoms with Crippen molar-refractivity contribution < 1.29 is 4.79 Å². The fourth-order valence-electron chi connectivity index (χ4n) is 3.10. The van der Waals surface area contributed by atoms with Gasteiger partial charge in [-0.15, -0.1) is 0 Å². The van der Waals surface area contributed by atoms with Gasteiger partial charge in [0.2, 0.25) is 0 Å². The van der Waals surface area contributed by atoms with Crippen LogP contribution in [-0.4, -0.2) is 15.6 Å². The Morgan fingerprint density at radius 3 is 2.60 bits per heavy atom. The number of ketones is 1. The molecule has 0 spiro atoms. The maximum Gasteiger partial charge on any atom is 0.186 e. The van der Waals surface area contributed by atoms with Crippen LogP contribution in [0.25, 0.3) is 0 Å². The Balaban J connectivity index is 1.76. The molecule has 0 N–H and O–H groups in total. The lowest BCUT2D eigenvalue weighted by atomic mass is 10.0. The molecule has 3 heteroatoms. The van der Waals surface area contributed by atoms with Gasteiger partial charge in [-0.3, -0.25) is 9.48 Å². The minimum Gasteiger partial charge on any atom is -0.292 e. The first kappa shape index (κ1) is 9.13. The highest BCUT2D eigenvalue weighted by molar-refractivity contribution is 5.98. The summed E-state index contributed by atoms with van der Waals surface area (Å²) in [6, 6.07) is 1.84. The minimum absolute atomic E-state index is 0.285. The molecule has 0 bridgehead atoms. The van der Waals surface area contributed by atoms with Crippen LogP contribution in [0.4, 0.5) is 0 Å². The van der Waals surface area contributed by atoms with Crippen LogP contribution in [0.5, 0.6) is 0 Å². The molecule has 1 heterocycles.